The first-order valence-electron chi connectivity index (χ1n) is 3.37. The highest BCUT2D eigenvalue weighted by Gasteiger charge is 1.98. The van der Waals surface area contributed by atoms with E-state index in [0.717, 1.165) is 17.7 Å². The Hall–Kier alpha value is -0.640. The van der Waals surface area contributed by atoms with Crippen molar-refractivity contribution in [3.63, 3.8) is 0 Å². The third-order valence-corrected chi connectivity index (χ3v) is 1.72. The van der Waals surface area contributed by atoms with Gasteiger partial charge in [-0.05, 0) is 0 Å². The fourth-order valence-corrected chi connectivity index (χ4v) is 1.26. The van der Waals surface area contributed by atoms with Crippen molar-refractivity contribution in [3.05, 3.63) is 18.6 Å². The molecule has 0 aliphatic heterocycles. The van der Waals surface area contributed by atoms with Crippen molar-refractivity contribution in [2.75, 3.05) is 23.8 Å². The molecular formula is C7H10BrN3. The van der Waals surface area contributed by atoms with Crippen LogP contribution in [0.2, 0.25) is 0 Å². The van der Waals surface area contributed by atoms with E-state index in [1.54, 1.807) is 18.6 Å². The maximum absolute atomic E-state index is 4.14. The van der Waals surface area contributed by atoms with E-state index in [1.807, 2.05) is 11.9 Å². The molecule has 4 heteroatoms. The van der Waals surface area contributed by atoms with Gasteiger partial charge in [0.1, 0.15) is 5.82 Å². The number of rotatable bonds is 3. The molecule has 0 aromatic carbocycles. The summed E-state index contributed by atoms with van der Waals surface area (Å²) in [5.74, 6) is 0.909. The van der Waals surface area contributed by atoms with Crippen LogP contribution in [0, 0.1) is 0 Å². The summed E-state index contributed by atoms with van der Waals surface area (Å²) in [6.45, 7) is 0.943. The Bertz CT molecular complexity index is 202. The number of nitrogens with zero attached hydrogens (tertiary/aromatic N) is 3. The van der Waals surface area contributed by atoms with Crippen LogP contribution >= 0.6 is 15.9 Å². The lowest BCUT2D eigenvalue weighted by Gasteiger charge is -2.14. The quantitative estimate of drug-likeness (QED) is 0.713. The lowest BCUT2D eigenvalue weighted by atomic mass is 10.5. The van der Waals surface area contributed by atoms with E-state index >= 15 is 0 Å². The maximum atomic E-state index is 4.14. The Morgan fingerprint density at radius 1 is 1.55 bits per heavy atom. The summed E-state index contributed by atoms with van der Waals surface area (Å²) in [4.78, 5) is 10.2. The molecule has 0 atom stereocenters. The summed E-state index contributed by atoms with van der Waals surface area (Å²) < 4.78 is 0. The zero-order valence-corrected chi connectivity index (χ0v) is 7.95. The highest BCUT2D eigenvalue weighted by molar-refractivity contribution is 9.09. The molecule has 0 amide bonds. The molecule has 1 aromatic heterocycles. The van der Waals surface area contributed by atoms with E-state index in [4.69, 9.17) is 0 Å². The van der Waals surface area contributed by atoms with Gasteiger partial charge in [-0.3, -0.25) is 4.98 Å². The summed E-state index contributed by atoms with van der Waals surface area (Å²) >= 11 is 3.36. The molecule has 0 saturated heterocycles. The number of anilines is 1. The van der Waals surface area contributed by atoms with E-state index in [0.29, 0.717) is 0 Å². The molecular weight excluding hydrogens is 206 g/mol. The Morgan fingerprint density at radius 3 is 2.91 bits per heavy atom. The molecule has 11 heavy (non-hydrogen) atoms. The molecule has 0 bridgehead atoms. The monoisotopic (exact) mass is 215 g/mol. The molecule has 0 saturated carbocycles. The van der Waals surface area contributed by atoms with Crippen molar-refractivity contribution in [1.82, 2.24) is 9.97 Å². The van der Waals surface area contributed by atoms with E-state index in [1.165, 1.54) is 0 Å². The van der Waals surface area contributed by atoms with Crippen molar-refractivity contribution >= 4 is 21.7 Å². The van der Waals surface area contributed by atoms with Crippen LogP contribution in [-0.2, 0) is 0 Å². The number of alkyl halides is 1. The normalized spacial score (nSPS) is 9.64. The fourth-order valence-electron chi connectivity index (χ4n) is 0.730. The van der Waals surface area contributed by atoms with Crippen molar-refractivity contribution in [1.29, 1.82) is 0 Å². The number of halogens is 1. The van der Waals surface area contributed by atoms with Crippen molar-refractivity contribution < 1.29 is 0 Å². The second kappa shape index (κ2) is 4.28. The van der Waals surface area contributed by atoms with Gasteiger partial charge in [-0.2, -0.15) is 0 Å². The van der Waals surface area contributed by atoms with Gasteiger partial charge in [0.15, 0.2) is 0 Å². The largest absolute Gasteiger partial charge is 0.358 e. The summed E-state index contributed by atoms with van der Waals surface area (Å²) in [6, 6.07) is 0. The Kier molecular flexibility index (Phi) is 3.29. The van der Waals surface area contributed by atoms with E-state index in [9.17, 15) is 0 Å². The summed E-state index contributed by atoms with van der Waals surface area (Å²) in [7, 11) is 1.99. The number of aromatic nitrogens is 2. The van der Waals surface area contributed by atoms with E-state index in [-0.39, 0.29) is 0 Å². The van der Waals surface area contributed by atoms with E-state index in [2.05, 4.69) is 25.9 Å². The first kappa shape index (κ1) is 8.46. The zero-order chi connectivity index (χ0) is 8.10. The van der Waals surface area contributed by atoms with Gasteiger partial charge >= 0.3 is 0 Å². The molecule has 1 rings (SSSR count). The second-order valence-corrected chi connectivity index (χ2v) is 2.97. The molecule has 0 N–H and O–H groups in total. The van der Waals surface area contributed by atoms with Crippen LogP contribution in [0.3, 0.4) is 0 Å². The zero-order valence-electron chi connectivity index (χ0n) is 6.37. The molecule has 1 heterocycles. The third-order valence-electron chi connectivity index (χ3n) is 1.36. The summed E-state index contributed by atoms with van der Waals surface area (Å²) in [5, 5.41) is 0.945. The Balaban J connectivity index is 2.61. The van der Waals surface area contributed by atoms with Crippen LogP contribution < -0.4 is 4.90 Å². The van der Waals surface area contributed by atoms with Gasteiger partial charge in [0.2, 0.25) is 0 Å². The molecule has 0 aliphatic rings. The van der Waals surface area contributed by atoms with Crippen molar-refractivity contribution in [2.45, 2.75) is 0 Å². The minimum atomic E-state index is 0.909. The molecule has 3 nitrogen and oxygen atoms in total. The molecule has 0 unspecified atom stereocenters. The van der Waals surface area contributed by atoms with Gasteiger partial charge in [0.05, 0.1) is 6.20 Å². The average Bonchev–Trinajstić information content (AvgIpc) is 2.07. The minimum Gasteiger partial charge on any atom is -0.358 e. The van der Waals surface area contributed by atoms with Gasteiger partial charge < -0.3 is 4.90 Å². The topological polar surface area (TPSA) is 29.0 Å². The highest BCUT2D eigenvalue weighted by Crippen LogP contribution is 2.03. The minimum absolute atomic E-state index is 0.909. The molecule has 1 aromatic rings. The molecule has 60 valence electrons. The second-order valence-electron chi connectivity index (χ2n) is 2.17. The van der Waals surface area contributed by atoms with Crippen LogP contribution in [0.1, 0.15) is 0 Å². The van der Waals surface area contributed by atoms with Crippen LogP contribution in [-0.4, -0.2) is 28.9 Å². The summed E-state index contributed by atoms with van der Waals surface area (Å²) in [5.41, 5.74) is 0. The molecule has 0 aliphatic carbocycles. The van der Waals surface area contributed by atoms with Gasteiger partial charge in [0.25, 0.3) is 0 Å². The van der Waals surface area contributed by atoms with Gasteiger partial charge in [-0.25, -0.2) is 4.98 Å². The Labute approximate surface area is 74.6 Å². The number of hydrogen-bond donors (Lipinski definition) is 0. The lowest BCUT2D eigenvalue weighted by Crippen LogP contribution is -2.20. The van der Waals surface area contributed by atoms with Gasteiger partial charge in [-0.15, -0.1) is 0 Å². The van der Waals surface area contributed by atoms with Gasteiger partial charge in [-0.1, -0.05) is 15.9 Å². The summed E-state index contributed by atoms with van der Waals surface area (Å²) in [6.07, 6.45) is 5.12. The van der Waals surface area contributed by atoms with Gasteiger partial charge in [0, 0.05) is 31.3 Å². The highest BCUT2D eigenvalue weighted by atomic mass is 79.9. The number of hydrogen-bond acceptors (Lipinski definition) is 3. The predicted octanol–water partition coefficient (Wildman–Crippen LogP) is 1.31. The molecule has 0 radical (unpaired) electrons. The molecule has 0 spiro atoms. The van der Waals surface area contributed by atoms with Crippen molar-refractivity contribution in [3.8, 4) is 0 Å². The van der Waals surface area contributed by atoms with E-state index < -0.39 is 0 Å². The molecule has 0 fully saturated rings. The fraction of sp³-hybridized carbons (Fsp3) is 0.429. The van der Waals surface area contributed by atoms with Crippen LogP contribution in [0.4, 0.5) is 5.82 Å². The maximum Gasteiger partial charge on any atom is 0.146 e. The predicted molar refractivity (Wildman–Crippen MR) is 49.1 cm³/mol. The SMILES string of the molecule is CN(CCBr)c1cnccn1. The van der Waals surface area contributed by atoms with Crippen LogP contribution in [0.25, 0.3) is 0 Å². The Morgan fingerprint density at radius 2 is 2.36 bits per heavy atom. The van der Waals surface area contributed by atoms with Crippen molar-refractivity contribution in [2.24, 2.45) is 0 Å². The first-order valence-corrected chi connectivity index (χ1v) is 4.50. The first-order chi connectivity index (χ1) is 5.34. The lowest BCUT2D eigenvalue weighted by molar-refractivity contribution is 0.939. The standard InChI is InChI=1S/C7H10BrN3/c1-11(5-2-8)7-6-9-3-4-10-7/h3-4,6H,2,5H2,1H3. The van der Waals surface area contributed by atoms with Crippen LogP contribution in [0.5, 0.6) is 0 Å². The average molecular weight is 216 g/mol. The smallest absolute Gasteiger partial charge is 0.146 e. The van der Waals surface area contributed by atoms with Crippen LogP contribution in [0.15, 0.2) is 18.6 Å². The third kappa shape index (κ3) is 2.46.